The average Bonchev–Trinajstić information content (AvgIpc) is 2.66. The first-order valence-corrected chi connectivity index (χ1v) is 9.22. The van der Waals surface area contributed by atoms with E-state index in [1.807, 2.05) is 24.3 Å². The predicted molar refractivity (Wildman–Crippen MR) is 99.8 cm³/mol. The largest absolute Gasteiger partial charge is 0.493 e. The number of amides is 2. The zero-order valence-electron chi connectivity index (χ0n) is 15.8. The summed E-state index contributed by atoms with van der Waals surface area (Å²) in [7, 11) is 1.35. The van der Waals surface area contributed by atoms with Crippen molar-refractivity contribution in [2.45, 2.75) is 52.0 Å². The molecule has 0 saturated carbocycles. The molecule has 1 heterocycles. The summed E-state index contributed by atoms with van der Waals surface area (Å²) in [6.07, 6.45) is 4.42. The summed E-state index contributed by atoms with van der Waals surface area (Å²) in [5.41, 5.74) is 1.82. The second kappa shape index (κ2) is 9.85. The van der Waals surface area contributed by atoms with Gasteiger partial charge in [-0.2, -0.15) is 0 Å². The molecule has 0 aromatic heterocycles. The zero-order chi connectivity index (χ0) is 18.9. The third-order valence-electron chi connectivity index (χ3n) is 4.32. The Morgan fingerprint density at radius 3 is 2.58 bits per heavy atom. The second-order valence-corrected chi connectivity index (χ2v) is 6.26. The summed E-state index contributed by atoms with van der Waals surface area (Å²) in [5.74, 6) is 0.223. The minimum atomic E-state index is -0.596. The van der Waals surface area contributed by atoms with Gasteiger partial charge in [-0.25, -0.2) is 9.59 Å². The normalized spacial score (nSPS) is 16.7. The summed E-state index contributed by atoms with van der Waals surface area (Å²) in [4.78, 5) is 24.7. The van der Waals surface area contributed by atoms with Crippen molar-refractivity contribution >= 4 is 12.0 Å². The van der Waals surface area contributed by atoms with Gasteiger partial charge in [-0.05, 0) is 25.3 Å². The number of urea groups is 1. The van der Waals surface area contributed by atoms with Crippen LogP contribution in [-0.2, 0) is 9.53 Å². The first kappa shape index (κ1) is 19.8. The molecule has 1 aromatic carbocycles. The van der Waals surface area contributed by atoms with Gasteiger partial charge in [0.05, 0.1) is 25.3 Å². The lowest BCUT2D eigenvalue weighted by atomic mass is 9.93. The lowest BCUT2D eigenvalue weighted by Crippen LogP contribution is -2.46. The van der Waals surface area contributed by atoms with Crippen LogP contribution in [0.5, 0.6) is 5.75 Å². The third-order valence-corrected chi connectivity index (χ3v) is 4.32. The Labute approximate surface area is 154 Å². The highest BCUT2D eigenvalue weighted by atomic mass is 16.5. The summed E-state index contributed by atoms with van der Waals surface area (Å²) >= 11 is 0. The molecule has 0 radical (unpaired) electrons. The van der Waals surface area contributed by atoms with Gasteiger partial charge >= 0.3 is 12.0 Å². The Balaban J connectivity index is 2.44. The van der Waals surface area contributed by atoms with Crippen molar-refractivity contribution in [2.24, 2.45) is 0 Å². The number of esters is 1. The lowest BCUT2D eigenvalue weighted by Gasteiger charge is -2.30. The minimum absolute atomic E-state index is 0.322. The van der Waals surface area contributed by atoms with Crippen LogP contribution < -0.4 is 15.4 Å². The number of para-hydroxylation sites is 1. The fourth-order valence-electron chi connectivity index (χ4n) is 2.93. The van der Waals surface area contributed by atoms with E-state index < -0.39 is 12.0 Å². The van der Waals surface area contributed by atoms with Crippen LogP contribution in [-0.4, -0.2) is 25.7 Å². The lowest BCUT2D eigenvalue weighted by molar-refractivity contribution is -0.136. The first-order valence-electron chi connectivity index (χ1n) is 9.22. The molecule has 2 amide bonds. The van der Waals surface area contributed by atoms with Crippen molar-refractivity contribution in [1.29, 1.82) is 0 Å². The standard InChI is InChI=1S/C20H28N2O4/c1-4-6-11-15-17(19(23)25-3)18(22-20(24)21-15)14-10-8-9-12-16(14)26-13-7-5-2/h8-10,12,18H,4-7,11,13H2,1-3H3,(H2,21,22,24). The van der Waals surface area contributed by atoms with Crippen LogP contribution in [0.15, 0.2) is 35.5 Å². The zero-order valence-corrected chi connectivity index (χ0v) is 15.8. The molecule has 2 N–H and O–H groups in total. The van der Waals surface area contributed by atoms with Gasteiger partial charge in [-0.15, -0.1) is 0 Å². The van der Waals surface area contributed by atoms with Crippen molar-refractivity contribution in [3.8, 4) is 5.75 Å². The van der Waals surface area contributed by atoms with E-state index in [1.165, 1.54) is 7.11 Å². The van der Waals surface area contributed by atoms with Crippen molar-refractivity contribution in [1.82, 2.24) is 10.6 Å². The number of hydrogen-bond acceptors (Lipinski definition) is 4. The maximum absolute atomic E-state index is 12.5. The molecule has 1 atom stereocenters. The van der Waals surface area contributed by atoms with Crippen LogP contribution in [0.1, 0.15) is 57.6 Å². The van der Waals surface area contributed by atoms with Crippen LogP contribution in [0.25, 0.3) is 0 Å². The van der Waals surface area contributed by atoms with Crippen LogP contribution in [0.3, 0.4) is 0 Å². The number of rotatable bonds is 9. The summed E-state index contributed by atoms with van der Waals surface area (Å²) in [5, 5.41) is 5.62. The smallest absolute Gasteiger partial charge is 0.337 e. The monoisotopic (exact) mass is 360 g/mol. The first-order chi connectivity index (χ1) is 12.6. The molecule has 0 aliphatic carbocycles. The van der Waals surface area contributed by atoms with Crippen molar-refractivity contribution in [2.75, 3.05) is 13.7 Å². The van der Waals surface area contributed by atoms with Crippen molar-refractivity contribution in [3.63, 3.8) is 0 Å². The summed E-state index contributed by atoms with van der Waals surface area (Å²) in [6.45, 7) is 4.75. The average molecular weight is 360 g/mol. The number of allylic oxidation sites excluding steroid dienone is 1. The highest BCUT2D eigenvalue weighted by Crippen LogP contribution is 2.34. The van der Waals surface area contributed by atoms with Crippen LogP contribution in [0.2, 0.25) is 0 Å². The molecule has 142 valence electrons. The second-order valence-electron chi connectivity index (χ2n) is 6.26. The molecule has 0 saturated heterocycles. The molecule has 0 bridgehead atoms. The number of unbranched alkanes of at least 4 members (excludes halogenated alkanes) is 2. The third kappa shape index (κ3) is 4.77. The molecule has 1 aromatic rings. The molecule has 6 heteroatoms. The van der Waals surface area contributed by atoms with Gasteiger partial charge in [0.25, 0.3) is 0 Å². The van der Waals surface area contributed by atoms with Gasteiger partial charge in [0.1, 0.15) is 5.75 Å². The van der Waals surface area contributed by atoms with E-state index in [9.17, 15) is 9.59 Å². The SMILES string of the molecule is CCCCOc1ccccc1C1NC(=O)NC(CCCC)=C1C(=O)OC. The maximum atomic E-state index is 12.5. The number of carbonyl (C=O) groups excluding carboxylic acids is 2. The molecule has 1 unspecified atom stereocenters. The fraction of sp³-hybridized carbons (Fsp3) is 0.500. The Bertz CT molecular complexity index is 670. The fourth-order valence-corrected chi connectivity index (χ4v) is 2.93. The number of methoxy groups -OCH3 is 1. The van der Waals surface area contributed by atoms with E-state index in [0.29, 0.717) is 30.0 Å². The molecule has 26 heavy (non-hydrogen) atoms. The highest BCUT2D eigenvalue weighted by Gasteiger charge is 2.34. The van der Waals surface area contributed by atoms with Gasteiger partial charge < -0.3 is 20.1 Å². The minimum Gasteiger partial charge on any atom is -0.493 e. The topological polar surface area (TPSA) is 76.7 Å². The quantitative estimate of drug-likeness (QED) is 0.518. The molecule has 1 aliphatic heterocycles. The van der Waals surface area contributed by atoms with Crippen molar-refractivity contribution in [3.05, 3.63) is 41.1 Å². The van der Waals surface area contributed by atoms with E-state index in [4.69, 9.17) is 9.47 Å². The van der Waals surface area contributed by atoms with Gasteiger partial charge in [0, 0.05) is 11.3 Å². The maximum Gasteiger partial charge on any atom is 0.337 e. The van der Waals surface area contributed by atoms with Gasteiger partial charge in [-0.1, -0.05) is 44.9 Å². The molecular weight excluding hydrogens is 332 g/mol. The van der Waals surface area contributed by atoms with E-state index in [2.05, 4.69) is 24.5 Å². The number of ether oxygens (including phenoxy) is 2. The van der Waals surface area contributed by atoms with E-state index >= 15 is 0 Å². The Kier molecular flexibility index (Phi) is 7.51. The Morgan fingerprint density at radius 1 is 1.15 bits per heavy atom. The number of nitrogens with one attached hydrogen (secondary N) is 2. The van der Waals surface area contributed by atoms with E-state index in [-0.39, 0.29) is 6.03 Å². The molecule has 2 rings (SSSR count). The number of hydrogen-bond donors (Lipinski definition) is 2. The highest BCUT2D eigenvalue weighted by molar-refractivity contribution is 5.95. The molecule has 0 fully saturated rings. The van der Waals surface area contributed by atoms with Crippen LogP contribution in [0, 0.1) is 0 Å². The Morgan fingerprint density at radius 2 is 1.88 bits per heavy atom. The predicted octanol–water partition coefficient (Wildman–Crippen LogP) is 3.84. The van der Waals surface area contributed by atoms with E-state index in [0.717, 1.165) is 31.2 Å². The Hall–Kier alpha value is -2.50. The van der Waals surface area contributed by atoms with Gasteiger partial charge in [0.15, 0.2) is 0 Å². The molecule has 0 spiro atoms. The number of benzene rings is 1. The van der Waals surface area contributed by atoms with Gasteiger partial charge in [0.2, 0.25) is 0 Å². The van der Waals surface area contributed by atoms with Crippen LogP contribution >= 0.6 is 0 Å². The van der Waals surface area contributed by atoms with Gasteiger partial charge in [-0.3, -0.25) is 0 Å². The van der Waals surface area contributed by atoms with Crippen LogP contribution in [0.4, 0.5) is 4.79 Å². The molecular formula is C20H28N2O4. The molecule has 6 nitrogen and oxygen atoms in total. The summed E-state index contributed by atoms with van der Waals surface area (Å²) < 4.78 is 10.9. The molecule has 1 aliphatic rings. The van der Waals surface area contributed by atoms with E-state index in [1.54, 1.807) is 0 Å². The number of carbonyl (C=O) groups is 2. The summed E-state index contributed by atoms with van der Waals surface area (Å²) in [6, 6.07) is 6.57. The van der Waals surface area contributed by atoms with Crippen molar-refractivity contribution < 1.29 is 19.1 Å².